The van der Waals surface area contributed by atoms with Crippen molar-refractivity contribution in [3.63, 3.8) is 0 Å². The first-order valence-corrected chi connectivity index (χ1v) is 45.6. The molecule has 28 aromatic rings. The molecule has 134 heavy (non-hydrogen) atoms. The van der Waals surface area contributed by atoms with E-state index in [0.717, 1.165) is 249 Å². The number of anilines is 6. The summed E-state index contributed by atoms with van der Waals surface area (Å²) in [6.07, 6.45) is 0.901. The van der Waals surface area contributed by atoms with E-state index in [-0.39, 0.29) is 0 Å². The second-order valence-corrected chi connectivity index (χ2v) is 35.0. The van der Waals surface area contributed by atoms with E-state index in [4.69, 9.17) is 54.1 Å². The molecule has 11 heteroatoms. The maximum atomic E-state index is 7.26. The normalized spacial score (nSPS) is 11.8. The van der Waals surface area contributed by atoms with Gasteiger partial charge < -0.3 is 40.7 Å². The lowest BCUT2D eigenvalue weighted by Crippen LogP contribution is -2.09. The van der Waals surface area contributed by atoms with Gasteiger partial charge in [0.1, 0.15) is 67.0 Å². The molecule has 632 valence electrons. The molecule has 0 radical (unpaired) electrons. The third-order valence-electron chi connectivity index (χ3n) is 26.3. The summed E-state index contributed by atoms with van der Waals surface area (Å²) < 4.78 is 47.0. The summed E-state index contributed by atoms with van der Waals surface area (Å²) in [5, 5.41) is 20.5. The van der Waals surface area contributed by atoms with Crippen LogP contribution < -0.4 is 9.80 Å². The molecular weight excluding hydrogens is 1690 g/mol. The number of fused-ring (bicyclic) bond motifs is 23. The van der Waals surface area contributed by atoms with Gasteiger partial charge in [-0.05, 0) is 182 Å². The number of nitrogens with zero attached hydrogens (tertiary/aromatic N) is 2. The maximum absolute atomic E-state index is 7.26. The Labute approximate surface area is 776 Å². The number of hydrogen-bond donors (Lipinski definition) is 0. The molecule has 0 aliphatic rings. The zero-order chi connectivity index (χ0) is 88.6. The quantitative estimate of drug-likeness (QED) is 0.118. The Bertz CT molecular complexity index is 9040. The summed E-state index contributed by atoms with van der Waals surface area (Å²) in [5.41, 5.74) is 28.5. The molecule has 28 rings (SSSR count). The first kappa shape index (κ1) is 78.0. The molecule has 0 N–H and O–H groups in total. The van der Waals surface area contributed by atoms with Crippen molar-refractivity contribution < 1.29 is 30.9 Å². The van der Waals surface area contributed by atoms with Crippen molar-refractivity contribution in [1.82, 2.24) is 0 Å². The van der Waals surface area contributed by atoms with Gasteiger partial charge in [0.05, 0.1) is 22.7 Å². The van der Waals surface area contributed by atoms with E-state index in [1.807, 2.05) is 103 Å². The van der Waals surface area contributed by atoms with Crippen LogP contribution in [-0.4, -0.2) is 0 Å². The van der Waals surface area contributed by atoms with E-state index in [1.54, 1.807) is 0 Å². The molecule has 0 atom stereocenters. The van der Waals surface area contributed by atoms with Crippen LogP contribution in [0.2, 0.25) is 10.0 Å². The van der Waals surface area contributed by atoms with Crippen molar-refractivity contribution in [3.05, 3.63) is 458 Å². The van der Waals surface area contributed by atoms with Crippen LogP contribution in [0, 0.1) is 0 Å². The van der Waals surface area contributed by atoms with Crippen LogP contribution in [0.3, 0.4) is 0 Å². The lowest BCUT2D eigenvalue weighted by atomic mass is 9.89. The molecule has 0 bridgehead atoms. The summed E-state index contributed by atoms with van der Waals surface area (Å²) in [5.74, 6) is 0. The van der Waals surface area contributed by atoms with Gasteiger partial charge in [-0.25, -0.2) is 0 Å². The first-order chi connectivity index (χ1) is 66.3. The number of furan rings is 7. The van der Waals surface area contributed by atoms with Crippen LogP contribution in [-0.2, 0) is 6.42 Å². The predicted molar refractivity (Wildman–Crippen MR) is 556 cm³/mol. The lowest BCUT2D eigenvalue weighted by Gasteiger charge is -2.25. The second kappa shape index (κ2) is 31.9. The standard InChI is InChI=1S/C70H42N2O4.C34H18Cl2O2.C19H14O/c1-5-19-43(20-6-1)65-55-41-58-52-38-36-48(72(46-25-11-4-12-26-46)60-32-18-30-54-50-28-14-16-34-62(50)74-68(54)60)40-64(52)76-70(58)66(44-21-7-2-8-22-44)56(55)42-57-51-37-35-47(39-63(51)75-69(57)65)71(45-23-9-3-10-24-45)59-31-17-29-53-49-27-13-15-33-61(49)73-67(53)59;35-21-11-13-23-27-18-26-25(31(19-7-3-1-4-8-19)33(27)37-29(23)15-21)17-28-24-14-12-22(36)16-30(24)38-34(28)32(26)20-9-5-2-6-10-20;1-2-7-14(8-3-1)13-15-9-6-11-17-16-10-4-5-12-18(16)20-19(15)17/h1-42H;1-18H;1-12H,13H2. The molecule has 7 heterocycles. The molecule has 0 fully saturated rings. The monoisotopic (exact) mass is 1760 g/mol. The number of rotatable bonds is 12. The number of para-hydroxylation sites is 8. The number of hydrogen-bond acceptors (Lipinski definition) is 9. The molecule has 0 amide bonds. The molecular formula is C123H74Cl2N2O7. The Hall–Kier alpha value is -17.1. The van der Waals surface area contributed by atoms with E-state index in [2.05, 4.69) is 343 Å². The summed E-state index contributed by atoms with van der Waals surface area (Å²) in [4.78, 5) is 4.53. The predicted octanol–water partition coefficient (Wildman–Crippen LogP) is 37.2. The lowest BCUT2D eigenvalue weighted by molar-refractivity contribution is 0.664. The molecule has 0 aliphatic heterocycles. The van der Waals surface area contributed by atoms with Crippen molar-refractivity contribution in [2.45, 2.75) is 6.42 Å². The van der Waals surface area contributed by atoms with Gasteiger partial charge in [0.15, 0.2) is 11.2 Å². The molecule has 0 unspecified atom stereocenters. The first-order valence-electron chi connectivity index (χ1n) is 44.9. The third kappa shape index (κ3) is 13.1. The maximum Gasteiger partial charge on any atom is 0.159 e. The van der Waals surface area contributed by atoms with E-state index in [1.165, 1.54) is 21.9 Å². The number of benzene rings is 21. The minimum Gasteiger partial charge on any atom is -0.456 e. The van der Waals surface area contributed by atoms with Crippen LogP contribution in [0.4, 0.5) is 34.1 Å². The van der Waals surface area contributed by atoms with Crippen LogP contribution in [0.15, 0.2) is 468 Å². The zero-order valence-corrected chi connectivity index (χ0v) is 73.3. The highest BCUT2D eigenvalue weighted by molar-refractivity contribution is 6.34. The fourth-order valence-electron chi connectivity index (χ4n) is 20.3. The molecule has 0 aliphatic carbocycles. The van der Waals surface area contributed by atoms with Gasteiger partial charge >= 0.3 is 0 Å². The zero-order valence-electron chi connectivity index (χ0n) is 71.8. The third-order valence-corrected chi connectivity index (χ3v) is 26.8. The van der Waals surface area contributed by atoms with Crippen LogP contribution >= 0.6 is 23.2 Å². The average molecular weight is 1760 g/mol. The van der Waals surface area contributed by atoms with Crippen molar-refractivity contribution in [2.24, 2.45) is 0 Å². The van der Waals surface area contributed by atoms with Crippen molar-refractivity contribution in [3.8, 4) is 44.5 Å². The molecule has 21 aromatic carbocycles. The second-order valence-electron chi connectivity index (χ2n) is 34.1. The molecule has 0 saturated carbocycles. The number of halogens is 2. The van der Waals surface area contributed by atoms with E-state index < -0.39 is 0 Å². The molecule has 0 saturated heterocycles. The molecule has 0 spiro atoms. The summed E-state index contributed by atoms with van der Waals surface area (Å²) in [6.45, 7) is 0. The van der Waals surface area contributed by atoms with Crippen molar-refractivity contribution in [2.75, 3.05) is 9.80 Å². The van der Waals surface area contributed by atoms with Gasteiger partial charge in [-0.1, -0.05) is 308 Å². The van der Waals surface area contributed by atoms with Gasteiger partial charge in [-0.2, -0.15) is 0 Å². The Kier molecular flexibility index (Phi) is 18.6. The van der Waals surface area contributed by atoms with Crippen molar-refractivity contribution in [1.29, 1.82) is 0 Å². The molecule has 9 nitrogen and oxygen atoms in total. The highest BCUT2D eigenvalue weighted by atomic mass is 35.5. The van der Waals surface area contributed by atoms with E-state index in [0.29, 0.717) is 10.0 Å². The smallest absolute Gasteiger partial charge is 0.159 e. The minimum atomic E-state index is 0.648. The highest BCUT2D eigenvalue weighted by Crippen LogP contribution is 2.54. The molecule has 7 aromatic heterocycles. The summed E-state index contributed by atoms with van der Waals surface area (Å²) in [7, 11) is 0. The van der Waals surface area contributed by atoms with Crippen LogP contribution in [0.5, 0.6) is 0 Å². The minimum absolute atomic E-state index is 0.648. The van der Waals surface area contributed by atoms with Crippen LogP contribution in [0.1, 0.15) is 11.1 Å². The van der Waals surface area contributed by atoms with Crippen LogP contribution in [0.25, 0.3) is 220 Å². The summed E-state index contributed by atoms with van der Waals surface area (Å²) in [6, 6.07) is 151. The van der Waals surface area contributed by atoms with Gasteiger partial charge in [-0.3, -0.25) is 0 Å². The van der Waals surface area contributed by atoms with Gasteiger partial charge in [0.2, 0.25) is 0 Å². The average Bonchev–Trinajstić information content (AvgIpc) is 1.60. The fraction of sp³-hybridized carbons (Fsp3) is 0.00813. The highest BCUT2D eigenvalue weighted by Gasteiger charge is 2.30. The Morgan fingerprint density at radius 3 is 0.799 bits per heavy atom. The fourth-order valence-corrected chi connectivity index (χ4v) is 20.7. The van der Waals surface area contributed by atoms with Crippen molar-refractivity contribution >= 4 is 232 Å². The van der Waals surface area contributed by atoms with Gasteiger partial charge in [0, 0.05) is 150 Å². The largest absolute Gasteiger partial charge is 0.456 e. The van der Waals surface area contributed by atoms with E-state index >= 15 is 0 Å². The summed E-state index contributed by atoms with van der Waals surface area (Å²) >= 11 is 12.7. The van der Waals surface area contributed by atoms with Gasteiger partial charge in [-0.15, -0.1) is 0 Å². The Balaban J connectivity index is 0.000000132. The SMILES string of the molecule is Clc1ccc2c(c1)oc1c(-c3ccccc3)c3cc4c(oc5cc(Cl)ccc54)c(-c4ccccc4)c3cc12.c1ccc(-c2c3cc4c(oc5cc(N(c6ccccc6)c6cccc7c6oc6ccccc67)ccc54)c(-c4ccccc4)c3cc3c2oc2cc(N(c4ccccc4)c4cccc5c4oc4ccccc45)ccc23)cc1.c1ccc(Cc2cccc3c2oc2ccccc23)cc1. The van der Waals surface area contributed by atoms with E-state index in [9.17, 15) is 0 Å². The Morgan fingerprint density at radius 1 is 0.172 bits per heavy atom. The van der Waals surface area contributed by atoms with Gasteiger partial charge in [0.25, 0.3) is 0 Å². The Morgan fingerprint density at radius 2 is 0.440 bits per heavy atom. The topological polar surface area (TPSA) is 98.5 Å².